The molecule has 0 bridgehead atoms. The SMILES string of the molecule is CCCCCCCCCCCCCCCC(=O)NCCOP(=O)(O)OCC(COC(=O)CCCCCCCCCCCCCCC)OC(=O)CCCCCCCCCCCCCCC.N. The van der Waals surface area contributed by atoms with E-state index >= 15 is 0 Å². The first-order chi connectivity index (χ1) is 31.2. The third kappa shape index (κ3) is 51.7. The molecule has 0 aliphatic rings. The van der Waals surface area contributed by atoms with E-state index in [0.29, 0.717) is 12.8 Å². The van der Waals surface area contributed by atoms with Gasteiger partial charge in [-0.05, 0) is 19.3 Å². The molecule has 12 heteroatoms. The molecule has 0 saturated carbocycles. The van der Waals surface area contributed by atoms with Crippen LogP contribution in [0.1, 0.15) is 290 Å². The van der Waals surface area contributed by atoms with Crippen molar-refractivity contribution in [3.8, 4) is 0 Å². The van der Waals surface area contributed by atoms with Crippen molar-refractivity contribution in [1.82, 2.24) is 11.5 Å². The quantitative estimate of drug-likeness (QED) is 0.0303. The lowest BCUT2D eigenvalue weighted by atomic mass is 10.0. The molecular formula is C53H107N2O9P. The molecule has 0 radical (unpaired) electrons. The van der Waals surface area contributed by atoms with Crippen LogP contribution in [0.5, 0.6) is 0 Å². The van der Waals surface area contributed by atoms with Crippen LogP contribution in [0.15, 0.2) is 0 Å². The van der Waals surface area contributed by atoms with Crippen LogP contribution in [0.4, 0.5) is 0 Å². The van der Waals surface area contributed by atoms with Gasteiger partial charge in [0, 0.05) is 25.8 Å². The fourth-order valence-electron chi connectivity index (χ4n) is 8.15. The molecule has 0 rings (SSSR count). The van der Waals surface area contributed by atoms with Crippen molar-refractivity contribution in [3.63, 3.8) is 0 Å². The Morgan fingerprint density at radius 3 is 1.09 bits per heavy atom. The number of ether oxygens (including phenoxy) is 2. The molecule has 0 aliphatic carbocycles. The van der Waals surface area contributed by atoms with Gasteiger partial charge < -0.3 is 25.8 Å². The second-order valence-corrected chi connectivity index (χ2v) is 20.2. The van der Waals surface area contributed by atoms with Crippen molar-refractivity contribution < 1.29 is 42.4 Å². The maximum atomic E-state index is 12.8. The monoisotopic (exact) mass is 947 g/mol. The average molecular weight is 947 g/mol. The van der Waals surface area contributed by atoms with Gasteiger partial charge in [-0.15, -0.1) is 0 Å². The number of esters is 2. The number of hydrogen-bond donors (Lipinski definition) is 3. The summed E-state index contributed by atoms with van der Waals surface area (Å²) in [6, 6.07) is 0. The number of phosphoric ester groups is 1. The highest BCUT2D eigenvalue weighted by atomic mass is 31.2. The Hall–Kier alpha value is -1.52. The van der Waals surface area contributed by atoms with Crippen LogP contribution >= 0.6 is 7.82 Å². The van der Waals surface area contributed by atoms with Crippen LogP contribution < -0.4 is 11.5 Å². The fraction of sp³-hybridized carbons (Fsp3) is 0.943. The van der Waals surface area contributed by atoms with E-state index in [1.165, 1.54) is 186 Å². The molecule has 2 atom stereocenters. The highest BCUT2D eigenvalue weighted by Gasteiger charge is 2.26. The molecule has 0 aromatic rings. The van der Waals surface area contributed by atoms with Gasteiger partial charge in [0.05, 0.1) is 13.2 Å². The molecular weight excluding hydrogens is 840 g/mol. The summed E-state index contributed by atoms with van der Waals surface area (Å²) in [6.45, 7) is 5.88. The number of unbranched alkanes of at least 4 members (excludes halogenated alkanes) is 36. The number of carbonyl (C=O) groups is 3. The molecule has 0 spiro atoms. The molecule has 0 heterocycles. The third-order valence-electron chi connectivity index (χ3n) is 12.3. The van der Waals surface area contributed by atoms with Crippen molar-refractivity contribution in [2.75, 3.05) is 26.4 Å². The Labute approximate surface area is 401 Å². The summed E-state index contributed by atoms with van der Waals surface area (Å²) in [4.78, 5) is 48.0. The highest BCUT2D eigenvalue weighted by Crippen LogP contribution is 2.43. The highest BCUT2D eigenvalue weighted by molar-refractivity contribution is 7.47. The zero-order valence-electron chi connectivity index (χ0n) is 43.0. The molecule has 2 unspecified atom stereocenters. The van der Waals surface area contributed by atoms with Gasteiger partial charge in [0.25, 0.3) is 0 Å². The van der Waals surface area contributed by atoms with Crippen LogP contribution in [0.25, 0.3) is 0 Å². The predicted octanol–water partition coefficient (Wildman–Crippen LogP) is 16.3. The van der Waals surface area contributed by atoms with E-state index in [1.54, 1.807) is 0 Å². The van der Waals surface area contributed by atoms with Crippen molar-refractivity contribution in [2.24, 2.45) is 0 Å². The van der Waals surface area contributed by atoms with Gasteiger partial charge in [-0.2, -0.15) is 0 Å². The minimum absolute atomic E-state index is 0. The molecule has 11 nitrogen and oxygen atoms in total. The van der Waals surface area contributed by atoms with E-state index in [-0.39, 0.29) is 44.7 Å². The first kappa shape index (κ1) is 65.6. The maximum Gasteiger partial charge on any atom is 0.472 e. The van der Waals surface area contributed by atoms with E-state index in [0.717, 1.165) is 57.8 Å². The number of rotatable bonds is 52. The Morgan fingerprint density at radius 1 is 0.431 bits per heavy atom. The summed E-state index contributed by atoms with van der Waals surface area (Å²) in [7, 11) is -4.53. The van der Waals surface area contributed by atoms with Gasteiger partial charge in [-0.25, -0.2) is 4.57 Å². The summed E-state index contributed by atoms with van der Waals surface area (Å²) in [5.41, 5.74) is 0. The van der Waals surface area contributed by atoms with Gasteiger partial charge in [-0.1, -0.05) is 252 Å². The van der Waals surface area contributed by atoms with E-state index < -0.39 is 32.5 Å². The zero-order chi connectivity index (χ0) is 46.9. The summed E-state index contributed by atoms with van der Waals surface area (Å²) in [5, 5.41) is 2.74. The van der Waals surface area contributed by atoms with Gasteiger partial charge >= 0.3 is 19.8 Å². The Bertz CT molecular complexity index is 1080. The van der Waals surface area contributed by atoms with Crippen molar-refractivity contribution in [3.05, 3.63) is 0 Å². The van der Waals surface area contributed by atoms with Crippen LogP contribution in [0.3, 0.4) is 0 Å². The summed E-state index contributed by atoms with van der Waals surface area (Å²) < 4.78 is 34.0. The molecule has 0 saturated heterocycles. The number of hydrogen-bond acceptors (Lipinski definition) is 9. The molecule has 0 aromatic carbocycles. The van der Waals surface area contributed by atoms with Crippen LogP contribution in [-0.2, 0) is 37.5 Å². The summed E-state index contributed by atoms with van der Waals surface area (Å²) >= 11 is 0. The van der Waals surface area contributed by atoms with Crippen LogP contribution in [0.2, 0.25) is 0 Å². The first-order valence-electron chi connectivity index (χ1n) is 27.5. The van der Waals surface area contributed by atoms with Gasteiger partial charge in [-0.3, -0.25) is 23.4 Å². The average Bonchev–Trinajstić information content (AvgIpc) is 3.28. The lowest BCUT2D eigenvalue weighted by Crippen LogP contribution is -2.30. The molecule has 5 N–H and O–H groups in total. The first-order valence-corrected chi connectivity index (χ1v) is 29.0. The zero-order valence-corrected chi connectivity index (χ0v) is 43.9. The third-order valence-corrected chi connectivity index (χ3v) is 13.3. The minimum atomic E-state index is -4.53. The molecule has 0 aliphatic heterocycles. The molecule has 1 amide bonds. The number of carbonyl (C=O) groups excluding carboxylic acids is 3. The van der Waals surface area contributed by atoms with Gasteiger partial charge in [0.2, 0.25) is 5.91 Å². The Balaban J connectivity index is 0. The summed E-state index contributed by atoms with van der Waals surface area (Å²) in [6.07, 6.45) is 47.4. The largest absolute Gasteiger partial charge is 0.472 e. The topological polar surface area (TPSA) is 172 Å². The molecule has 388 valence electrons. The number of phosphoric acid groups is 1. The second kappa shape index (κ2) is 51.9. The lowest BCUT2D eigenvalue weighted by molar-refractivity contribution is -0.161. The number of amides is 1. The van der Waals surface area contributed by atoms with Gasteiger partial charge in [0.1, 0.15) is 6.61 Å². The molecule has 0 fully saturated rings. The van der Waals surface area contributed by atoms with Crippen molar-refractivity contribution >= 4 is 25.7 Å². The normalized spacial score (nSPS) is 12.7. The Kier molecular flexibility index (Phi) is 52.3. The molecule has 65 heavy (non-hydrogen) atoms. The van der Waals surface area contributed by atoms with E-state index in [9.17, 15) is 23.8 Å². The van der Waals surface area contributed by atoms with Crippen molar-refractivity contribution in [1.29, 1.82) is 0 Å². The van der Waals surface area contributed by atoms with E-state index in [4.69, 9.17) is 18.5 Å². The molecule has 0 aromatic heterocycles. The van der Waals surface area contributed by atoms with Crippen molar-refractivity contribution in [2.45, 2.75) is 297 Å². The smallest absolute Gasteiger partial charge is 0.462 e. The lowest BCUT2D eigenvalue weighted by Gasteiger charge is -2.20. The van der Waals surface area contributed by atoms with Crippen LogP contribution in [-0.4, -0.2) is 55.2 Å². The Morgan fingerprint density at radius 2 is 0.738 bits per heavy atom. The predicted molar refractivity (Wildman–Crippen MR) is 272 cm³/mol. The standard InChI is InChI=1S/C53H104NO9P.H3N/c1-4-7-10-13-16-19-22-25-28-31-34-37-40-43-51(55)54-46-47-61-64(58,59)62-49-50(63-53(57)45-42-39-36-33-30-27-24-21-18-15-12-9-6-3)48-60-52(56)44-41-38-35-32-29-26-23-20-17-14-11-8-5-2;/h50H,4-49H2,1-3H3,(H,54,55)(H,58,59);1H3. The van der Waals surface area contributed by atoms with Gasteiger partial charge in [0.15, 0.2) is 6.10 Å². The second-order valence-electron chi connectivity index (χ2n) is 18.7. The fourth-order valence-corrected chi connectivity index (χ4v) is 8.90. The number of nitrogens with one attached hydrogen (secondary N) is 1. The summed E-state index contributed by atoms with van der Waals surface area (Å²) in [5.74, 6) is -0.959. The maximum absolute atomic E-state index is 12.8. The van der Waals surface area contributed by atoms with E-state index in [1.807, 2.05) is 0 Å². The van der Waals surface area contributed by atoms with Crippen LogP contribution in [0, 0.1) is 0 Å². The van der Waals surface area contributed by atoms with E-state index in [2.05, 4.69) is 26.1 Å². The minimum Gasteiger partial charge on any atom is -0.462 e.